The second-order valence-electron chi connectivity index (χ2n) is 4.38. The predicted octanol–water partition coefficient (Wildman–Crippen LogP) is -0.582. The first-order chi connectivity index (χ1) is 8.52. The fourth-order valence-corrected chi connectivity index (χ4v) is 2.17. The molecule has 0 aliphatic carbocycles. The maximum atomic E-state index is 11.4. The van der Waals surface area contributed by atoms with Crippen LogP contribution in [-0.4, -0.2) is 34.7 Å². The number of aryl methyl sites for hydroxylation is 2. The van der Waals surface area contributed by atoms with E-state index < -0.39 is 0 Å². The Kier molecular flexibility index (Phi) is 3.22. The topological polar surface area (TPSA) is 93.2 Å². The van der Waals surface area contributed by atoms with Gasteiger partial charge in [0, 0.05) is 7.05 Å². The normalized spacial score (nSPS) is 16.0. The number of piperazine rings is 1. The fraction of sp³-hybridized carbons (Fsp3) is 0.545. The monoisotopic (exact) mass is 251 g/mol. The first-order valence-electron chi connectivity index (χ1n) is 5.92. The molecular formula is C11H17N5O2. The molecule has 3 N–H and O–H groups in total. The lowest BCUT2D eigenvalue weighted by Gasteiger charge is -2.27. The molecule has 1 fully saturated rings. The molecule has 2 amide bonds. The van der Waals surface area contributed by atoms with Gasteiger partial charge in [-0.05, 0) is 6.42 Å². The summed E-state index contributed by atoms with van der Waals surface area (Å²) in [5.74, 6) is 0.00873. The number of nitrogen functional groups attached to an aromatic ring is 1. The molecule has 2 rings (SSSR count). The minimum absolute atomic E-state index is 0.126. The zero-order valence-electron chi connectivity index (χ0n) is 10.6. The summed E-state index contributed by atoms with van der Waals surface area (Å²) in [7, 11) is 1.77. The number of carbonyl (C=O) groups is 2. The molecule has 98 valence electrons. The van der Waals surface area contributed by atoms with Crippen LogP contribution in [0.4, 0.5) is 11.5 Å². The second-order valence-corrected chi connectivity index (χ2v) is 4.38. The van der Waals surface area contributed by atoms with E-state index in [0.717, 1.165) is 18.5 Å². The van der Waals surface area contributed by atoms with Crippen LogP contribution in [0.25, 0.3) is 0 Å². The van der Waals surface area contributed by atoms with Gasteiger partial charge in [0.15, 0.2) is 5.82 Å². The molecule has 2 heterocycles. The van der Waals surface area contributed by atoms with E-state index in [1.807, 2.05) is 6.92 Å². The van der Waals surface area contributed by atoms with Crippen molar-refractivity contribution in [2.24, 2.45) is 7.05 Å². The number of rotatable bonds is 3. The van der Waals surface area contributed by atoms with Crippen LogP contribution in [0.2, 0.25) is 0 Å². The van der Waals surface area contributed by atoms with Crippen LogP contribution in [0, 0.1) is 0 Å². The Labute approximate surface area is 105 Å². The summed E-state index contributed by atoms with van der Waals surface area (Å²) in [4.78, 5) is 24.4. The Morgan fingerprint density at radius 1 is 1.33 bits per heavy atom. The number of hydrogen-bond donors (Lipinski definition) is 2. The molecule has 0 spiro atoms. The summed E-state index contributed by atoms with van der Waals surface area (Å²) in [6.45, 7) is 2.30. The van der Waals surface area contributed by atoms with Crippen molar-refractivity contribution in [3.05, 3.63) is 5.69 Å². The largest absolute Gasteiger partial charge is 0.394 e. The van der Waals surface area contributed by atoms with Crippen molar-refractivity contribution >= 4 is 23.3 Å². The van der Waals surface area contributed by atoms with Crippen LogP contribution in [0.5, 0.6) is 0 Å². The first kappa shape index (κ1) is 12.4. The average molecular weight is 251 g/mol. The van der Waals surface area contributed by atoms with Crippen molar-refractivity contribution in [3.63, 3.8) is 0 Å². The zero-order valence-corrected chi connectivity index (χ0v) is 10.6. The number of imide groups is 1. The number of anilines is 2. The van der Waals surface area contributed by atoms with Gasteiger partial charge >= 0.3 is 0 Å². The summed E-state index contributed by atoms with van der Waals surface area (Å²) in [5, 5.41) is 6.59. The highest BCUT2D eigenvalue weighted by molar-refractivity contribution is 6.03. The third kappa shape index (κ3) is 2.15. The minimum atomic E-state index is -0.316. The van der Waals surface area contributed by atoms with Crippen LogP contribution < -0.4 is 16.0 Å². The standard InChI is InChI=1S/C11H17N5O2/c1-3-4-7-10(12)11(15(2)14-7)16-5-8(17)13-9(18)6-16/h3-6,12H2,1-2H3,(H,13,17,18). The molecule has 0 unspecified atom stereocenters. The molecule has 0 aromatic carbocycles. The van der Waals surface area contributed by atoms with Crippen LogP contribution >= 0.6 is 0 Å². The van der Waals surface area contributed by atoms with Crippen molar-refractivity contribution in [3.8, 4) is 0 Å². The molecular weight excluding hydrogens is 234 g/mol. The van der Waals surface area contributed by atoms with Gasteiger partial charge in [0.05, 0.1) is 24.5 Å². The maximum absolute atomic E-state index is 11.4. The smallest absolute Gasteiger partial charge is 0.246 e. The Balaban J connectivity index is 2.32. The number of nitrogens with two attached hydrogens (primary N) is 1. The second kappa shape index (κ2) is 4.67. The Morgan fingerprint density at radius 2 is 1.94 bits per heavy atom. The van der Waals surface area contributed by atoms with Gasteiger partial charge in [0.2, 0.25) is 11.8 Å². The molecule has 1 aliphatic rings. The van der Waals surface area contributed by atoms with E-state index in [4.69, 9.17) is 5.73 Å². The van der Waals surface area contributed by atoms with Crippen LogP contribution in [-0.2, 0) is 23.1 Å². The molecule has 0 radical (unpaired) electrons. The van der Waals surface area contributed by atoms with Crippen molar-refractivity contribution in [2.75, 3.05) is 23.7 Å². The number of nitrogens with zero attached hydrogens (tertiary/aromatic N) is 3. The summed E-state index contributed by atoms with van der Waals surface area (Å²) >= 11 is 0. The van der Waals surface area contributed by atoms with Gasteiger partial charge in [-0.25, -0.2) is 0 Å². The Bertz CT molecular complexity index is 478. The lowest BCUT2D eigenvalue weighted by molar-refractivity contribution is -0.130. The Hall–Kier alpha value is -2.05. The summed E-state index contributed by atoms with van der Waals surface area (Å²) in [6, 6.07) is 0. The molecule has 1 aromatic rings. The highest BCUT2D eigenvalue weighted by Crippen LogP contribution is 2.27. The van der Waals surface area contributed by atoms with Gasteiger partial charge in [0.25, 0.3) is 0 Å². The van der Waals surface area contributed by atoms with E-state index >= 15 is 0 Å². The summed E-state index contributed by atoms with van der Waals surface area (Å²) in [5.41, 5.74) is 7.41. The minimum Gasteiger partial charge on any atom is -0.394 e. The third-order valence-corrected chi connectivity index (χ3v) is 2.86. The highest BCUT2D eigenvalue weighted by Gasteiger charge is 2.27. The molecule has 1 aliphatic heterocycles. The van der Waals surface area contributed by atoms with Crippen molar-refractivity contribution in [1.82, 2.24) is 15.1 Å². The van der Waals surface area contributed by atoms with E-state index in [2.05, 4.69) is 10.4 Å². The van der Waals surface area contributed by atoms with E-state index in [1.165, 1.54) is 0 Å². The first-order valence-corrected chi connectivity index (χ1v) is 5.92. The Morgan fingerprint density at radius 3 is 2.50 bits per heavy atom. The molecule has 7 heteroatoms. The zero-order chi connectivity index (χ0) is 13.3. The van der Waals surface area contributed by atoms with Gasteiger partial charge < -0.3 is 10.6 Å². The number of amides is 2. The SMILES string of the molecule is CCCc1nn(C)c(N2CC(=O)NC(=O)C2)c1N. The van der Waals surface area contributed by atoms with Crippen molar-refractivity contribution < 1.29 is 9.59 Å². The number of nitrogens with one attached hydrogen (secondary N) is 1. The molecule has 0 saturated carbocycles. The summed E-state index contributed by atoms with van der Waals surface area (Å²) in [6.07, 6.45) is 1.73. The molecule has 0 atom stereocenters. The van der Waals surface area contributed by atoms with E-state index in [9.17, 15) is 9.59 Å². The fourth-order valence-electron chi connectivity index (χ4n) is 2.17. The highest BCUT2D eigenvalue weighted by atomic mass is 16.2. The predicted molar refractivity (Wildman–Crippen MR) is 67.0 cm³/mol. The van der Waals surface area contributed by atoms with Gasteiger partial charge in [-0.1, -0.05) is 13.3 Å². The molecule has 1 aromatic heterocycles. The van der Waals surface area contributed by atoms with Gasteiger partial charge in [0.1, 0.15) is 0 Å². The van der Waals surface area contributed by atoms with E-state index in [1.54, 1.807) is 16.6 Å². The van der Waals surface area contributed by atoms with Gasteiger partial charge in [-0.15, -0.1) is 0 Å². The van der Waals surface area contributed by atoms with E-state index in [-0.39, 0.29) is 24.9 Å². The van der Waals surface area contributed by atoms with Gasteiger partial charge in [-0.2, -0.15) is 5.10 Å². The van der Waals surface area contributed by atoms with Gasteiger partial charge in [-0.3, -0.25) is 19.6 Å². The lowest BCUT2D eigenvalue weighted by Crippen LogP contribution is -2.52. The number of aromatic nitrogens is 2. The lowest BCUT2D eigenvalue weighted by atomic mass is 10.2. The number of hydrogen-bond acceptors (Lipinski definition) is 5. The van der Waals surface area contributed by atoms with Crippen LogP contribution in [0.15, 0.2) is 0 Å². The average Bonchev–Trinajstić information content (AvgIpc) is 2.53. The quantitative estimate of drug-likeness (QED) is 0.701. The van der Waals surface area contributed by atoms with Crippen molar-refractivity contribution in [1.29, 1.82) is 0 Å². The van der Waals surface area contributed by atoms with Crippen molar-refractivity contribution in [2.45, 2.75) is 19.8 Å². The number of carbonyl (C=O) groups excluding carboxylic acids is 2. The van der Waals surface area contributed by atoms with Crippen LogP contribution in [0.1, 0.15) is 19.0 Å². The third-order valence-electron chi connectivity index (χ3n) is 2.86. The summed E-state index contributed by atoms with van der Waals surface area (Å²) < 4.78 is 1.63. The molecule has 0 bridgehead atoms. The van der Waals surface area contributed by atoms with E-state index in [0.29, 0.717) is 11.5 Å². The molecule has 7 nitrogen and oxygen atoms in total. The maximum Gasteiger partial charge on any atom is 0.246 e. The molecule has 18 heavy (non-hydrogen) atoms. The van der Waals surface area contributed by atoms with Crippen LogP contribution in [0.3, 0.4) is 0 Å². The molecule has 1 saturated heterocycles.